The van der Waals surface area contributed by atoms with Gasteiger partial charge < -0.3 is 5.73 Å². The fourth-order valence-electron chi connectivity index (χ4n) is 0.449. The molecule has 0 saturated carbocycles. The first-order chi connectivity index (χ1) is 4.46. The molecule has 3 nitrogen and oxygen atoms in total. The minimum atomic E-state index is -0.535. The SMILES string of the molecule is CC(=O)/C(C)=C(/C)C(N)=O. The highest BCUT2D eigenvalue weighted by Gasteiger charge is 2.05. The number of hydrogen-bond acceptors (Lipinski definition) is 2. The van der Waals surface area contributed by atoms with Crippen LogP contribution < -0.4 is 5.73 Å². The van der Waals surface area contributed by atoms with Crippen molar-refractivity contribution in [2.45, 2.75) is 20.8 Å². The van der Waals surface area contributed by atoms with E-state index in [2.05, 4.69) is 0 Å². The van der Waals surface area contributed by atoms with Gasteiger partial charge in [0.25, 0.3) is 0 Å². The molecule has 10 heavy (non-hydrogen) atoms. The highest BCUT2D eigenvalue weighted by Crippen LogP contribution is 2.02. The topological polar surface area (TPSA) is 60.2 Å². The second-order valence-electron chi connectivity index (χ2n) is 2.17. The lowest BCUT2D eigenvalue weighted by Gasteiger charge is -1.97. The number of carbonyl (C=O) groups is 2. The molecule has 0 bridgehead atoms. The summed E-state index contributed by atoms with van der Waals surface area (Å²) in [7, 11) is 0. The van der Waals surface area contributed by atoms with Crippen molar-refractivity contribution in [2.24, 2.45) is 5.73 Å². The zero-order valence-electron chi connectivity index (χ0n) is 6.39. The maximum absolute atomic E-state index is 10.6. The van der Waals surface area contributed by atoms with E-state index in [1.54, 1.807) is 13.8 Å². The van der Waals surface area contributed by atoms with Crippen LogP contribution in [-0.4, -0.2) is 11.7 Å². The number of rotatable bonds is 2. The first-order valence-electron chi connectivity index (χ1n) is 2.95. The van der Waals surface area contributed by atoms with E-state index in [0.29, 0.717) is 11.1 Å². The molecular formula is C7H11NO2. The maximum atomic E-state index is 10.6. The van der Waals surface area contributed by atoms with E-state index in [1.165, 1.54) is 6.92 Å². The summed E-state index contributed by atoms with van der Waals surface area (Å²) in [5.41, 5.74) is 5.70. The lowest BCUT2D eigenvalue weighted by molar-refractivity contribution is -0.116. The van der Waals surface area contributed by atoms with E-state index in [9.17, 15) is 9.59 Å². The molecule has 2 N–H and O–H groups in total. The molecule has 0 radical (unpaired) electrons. The van der Waals surface area contributed by atoms with Gasteiger partial charge in [-0.2, -0.15) is 0 Å². The van der Waals surface area contributed by atoms with E-state index in [1.807, 2.05) is 0 Å². The number of carbonyl (C=O) groups excluding carboxylic acids is 2. The summed E-state index contributed by atoms with van der Waals surface area (Å²) in [6, 6.07) is 0. The summed E-state index contributed by atoms with van der Waals surface area (Å²) in [6.45, 7) is 4.53. The van der Waals surface area contributed by atoms with Crippen LogP contribution in [0.4, 0.5) is 0 Å². The number of Topliss-reactive ketones (excluding diaryl/α,β-unsaturated/α-hetero) is 1. The third-order valence-corrected chi connectivity index (χ3v) is 1.46. The van der Waals surface area contributed by atoms with Crippen molar-refractivity contribution in [3.05, 3.63) is 11.1 Å². The first kappa shape index (κ1) is 8.88. The lowest BCUT2D eigenvalue weighted by Crippen LogP contribution is -2.14. The van der Waals surface area contributed by atoms with Crippen LogP contribution in [0.25, 0.3) is 0 Å². The average Bonchev–Trinajstić information content (AvgIpc) is 1.84. The third kappa shape index (κ3) is 2.01. The fourth-order valence-corrected chi connectivity index (χ4v) is 0.449. The van der Waals surface area contributed by atoms with E-state index >= 15 is 0 Å². The van der Waals surface area contributed by atoms with Crippen LogP contribution in [0.1, 0.15) is 20.8 Å². The summed E-state index contributed by atoms with van der Waals surface area (Å²) in [4.78, 5) is 21.1. The molecule has 0 unspecified atom stereocenters. The number of ketones is 1. The smallest absolute Gasteiger partial charge is 0.244 e. The highest BCUT2D eigenvalue weighted by molar-refractivity contribution is 6.03. The van der Waals surface area contributed by atoms with Crippen molar-refractivity contribution in [3.63, 3.8) is 0 Å². The summed E-state index contributed by atoms with van der Waals surface area (Å²) in [5.74, 6) is -0.649. The van der Waals surface area contributed by atoms with Gasteiger partial charge in [0.05, 0.1) is 0 Å². The molecule has 0 aliphatic rings. The predicted octanol–water partition coefficient (Wildman–Crippen LogP) is 0.397. The summed E-state index contributed by atoms with van der Waals surface area (Å²) in [5, 5.41) is 0. The molecule has 0 aliphatic heterocycles. The Balaban J connectivity index is 4.67. The molecule has 56 valence electrons. The number of primary amides is 1. The van der Waals surface area contributed by atoms with Gasteiger partial charge in [0, 0.05) is 11.1 Å². The molecule has 0 heterocycles. The molecule has 0 atom stereocenters. The Kier molecular flexibility index (Phi) is 2.80. The molecule has 0 saturated heterocycles. The Bertz CT molecular complexity index is 182. The van der Waals surface area contributed by atoms with Gasteiger partial charge in [0.2, 0.25) is 5.91 Å². The van der Waals surface area contributed by atoms with Gasteiger partial charge in [-0.05, 0) is 20.8 Å². The van der Waals surface area contributed by atoms with Gasteiger partial charge in [-0.1, -0.05) is 0 Å². The normalized spacial score (nSPS) is 12.3. The summed E-state index contributed by atoms with van der Waals surface area (Å²) in [6.07, 6.45) is 0. The van der Waals surface area contributed by atoms with Crippen LogP contribution in [0, 0.1) is 0 Å². The largest absolute Gasteiger partial charge is 0.366 e. The molecule has 1 amide bonds. The summed E-state index contributed by atoms with van der Waals surface area (Å²) >= 11 is 0. The van der Waals surface area contributed by atoms with Crippen LogP contribution >= 0.6 is 0 Å². The Morgan fingerprint density at radius 3 is 1.50 bits per heavy atom. The zero-order chi connectivity index (χ0) is 8.31. The zero-order valence-corrected chi connectivity index (χ0v) is 6.39. The van der Waals surface area contributed by atoms with Gasteiger partial charge in [0.1, 0.15) is 0 Å². The molecule has 0 aliphatic carbocycles. The van der Waals surface area contributed by atoms with Gasteiger partial charge in [0.15, 0.2) is 5.78 Å². The highest BCUT2D eigenvalue weighted by atomic mass is 16.1. The van der Waals surface area contributed by atoms with Crippen molar-refractivity contribution in [1.29, 1.82) is 0 Å². The van der Waals surface area contributed by atoms with Crippen LogP contribution in [0.3, 0.4) is 0 Å². The minimum absolute atomic E-state index is 0.115. The first-order valence-corrected chi connectivity index (χ1v) is 2.95. The maximum Gasteiger partial charge on any atom is 0.244 e. The van der Waals surface area contributed by atoms with E-state index < -0.39 is 5.91 Å². The van der Waals surface area contributed by atoms with Crippen LogP contribution in [0.5, 0.6) is 0 Å². The molecule has 0 spiro atoms. The molecule has 0 aromatic heterocycles. The number of amides is 1. The average molecular weight is 141 g/mol. The van der Waals surface area contributed by atoms with Crippen molar-refractivity contribution in [3.8, 4) is 0 Å². The Morgan fingerprint density at radius 1 is 1.00 bits per heavy atom. The van der Waals surface area contributed by atoms with E-state index in [-0.39, 0.29) is 5.78 Å². The second-order valence-corrected chi connectivity index (χ2v) is 2.17. The van der Waals surface area contributed by atoms with Crippen LogP contribution in [0.2, 0.25) is 0 Å². The number of nitrogens with two attached hydrogens (primary N) is 1. The van der Waals surface area contributed by atoms with Gasteiger partial charge in [-0.15, -0.1) is 0 Å². The quantitative estimate of drug-likeness (QED) is 0.566. The van der Waals surface area contributed by atoms with Crippen molar-refractivity contribution in [2.75, 3.05) is 0 Å². The van der Waals surface area contributed by atoms with Gasteiger partial charge in [-0.3, -0.25) is 9.59 Å². The molecular weight excluding hydrogens is 130 g/mol. The second kappa shape index (κ2) is 3.15. The van der Waals surface area contributed by atoms with Gasteiger partial charge in [-0.25, -0.2) is 0 Å². The van der Waals surface area contributed by atoms with Gasteiger partial charge >= 0.3 is 0 Å². The Morgan fingerprint density at radius 2 is 1.40 bits per heavy atom. The third-order valence-electron chi connectivity index (χ3n) is 1.46. The van der Waals surface area contributed by atoms with Crippen molar-refractivity contribution < 1.29 is 9.59 Å². The number of allylic oxidation sites excluding steroid dienone is 1. The Hall–Kier alpha value is -1.12. The summed E-state index contributed by atoms with van der Waals surface area (Å²) < 4.78 is 0. The van der Waals surface area contributed by atoms with Crippen LogP contribution in [-0.2, 0) is 9.59 Å². The standard InChI is InChI=1S/C7H11NO2/c1-4(6(3)9)5(2)7(8)10/h1-3H3,(H2,8,10)/b5-4-. The fraction of sp³-hybridized carbons (Fsp3) is 0.429. The molecule has 3 heteroatoms. The minimum Gasteiger partial charge on any atom is -0.366 e. The van der Waals surface area contributed by atoms with Crippen molar-refractivity contribution >= 4 is 11.7 Å². The van der Waals surface area contributed by atoms with E-state index in [4.69, 9.17) is 5.73 Å². The van der Waals surface area contributed by atoms with E-state index in [0.717, 1.165) is 0 Å². The number of hydrogen-bond donors (Lipinski definition) is 1. The lowest BCUT2D eigenvalue weighted by atomic mass is 10.1. The molecule has 0 fully saturated rings. The molecule has 0 aromatic rings. The Labute approximate surface area is 59.9 Å². The predicted molar refractivity (Wildman–Crippen MR) is 38.2 cm³/mol. The van der Waals surface area contributed by atoms with Crippen molar-refractivity contribution in [1.82, 2.24) is 0 Å². The molecule has 0 rings (SSSR count). The monoisotopic (exact) mass is 141 g/mol. The van der Waals surface area contributed by atoms with Crippen LogP contribution in [0.15, 0.2) is 11.1 Å². The molecule has 0 aromatic carbocycles.